The third-order valence-electron chi connectivity index (χ3n) is 10.4. The fraction of sp³-hybridized carbons (Fsp3) is 0.529. The van der Waals surface area contributed by atoms with Gasteiger partial charge in [0.2, 0.25) is 0 Å². The average molecular weight is 1000 g/mol. The molecular formula is C51H89B7O14. The molecule has 1 saturated carbocycles. The summed E-state index contributed by atoms with van der Waals surface area (Å²) < 4.78 is 32.6. The van der Waals surface area contributed by atoms with Crippen molar-refractivity contribution in [1.29, 1.82) is 0 Å². The van der Waals surface area contributed by atoms with Crippen molar-refractivity contribution in [3.05, 3.63) is 121 Å². The van der Waals surface area contributed by atoms with E-state index in [4.69, 9.17) is 68.1 Å². The van der Waals surface area contributed by atoms with Gasteiger partial charge in [-0.2, -0.15) is 0 Å². The van der Waals surface area contributed by atoms with Crippen LogP contribution in [0.15, 0.2) is 121 Å². The minimum absolute atomic E-state index is 0.0370. The Morgan fingerprint density at radius 2 is 0.792 bits per heavy atom. The van der Waals surface area contributed by atoms with E-state index in [0.29, 0.717) is 25.0 Å². The SMILES string of the molecule is CC(C)B(O)O.CCCCB(O)O.CCCCOB(OCCCC)c1ccccc1.CCOB(OCC)c1ccccc1.COB(OC)c1ccccc1.OB(O)C1CCCCC1.OB(O)c1ccccc1. The van der Waals surface area contributed by atoms with Crippen LogP contribution in [0.4, 0.5) is 0 Å². The lowest BCUT2D eigenvalue weighted by Crippen LogP contribution is -2.37. The van der Waals surface area contributed by atoms with E-state index in [2.05, 4.69) is 26.0 Å². The van der Waals surface area contributed by atoms with Crippen LogP contribution < -0.4 is 21.9 Å². The van der Waals surface area contributed by atoms with Gasteiger partial charge in [-0.25, -0.2) is 0 Å². The molecule has 0 spiro atoms. The van der Waals surface area contributed by atoms with E-state index in [-0.39, 0.29) is 33.0 Å². The van der Waals surface area contributed by atoms with Crippen LogP contribution in [0.2, 0.25) is 18.0 Å². The van der Waals surface area contributed by atoms with Gasteiger partial charge in [0.15, 0.2) is 0 Å². The van der Waals surface area contributed by atoms with Crippen molar-refractivity contribution in [3.63, 3.8) is 0 Å². The molecule has 0 atom stereocenters. The monoisotopic (exact) mass is 1000 g/mol. The van der Waals surface area contributed by atoms with Crippen molar-refractivity contribution in [2.45, 2.75) is 137 Å². The van der Waals surface area contributed by atoms with Gasteiger partial charge in [-0.3, -0.25) is 0 Å². The number of unbranched alkanes of at least 4 members (excludes halogenated alkanes) is 3. The molecule has 1 fully saturated rings. The summed E-state index contributed by atoms with van der Waals surface area (Å²) in [5.74, 6) is 0.128. The fourth-order valence-electron chi connectivity index (χ4n) is 6.10. The minimum atomic E-state index is -1.34. The quantitative estimate of drug-likeness (QED) is 0.0344. The smallest absolute Gasteiger partial charge is 0.427 e. The van der Waals surface area contributed by atoms with Gasteiger partial charge >= 0.3 is 49.8 Å². The van der Waals surface area contributed by atoms with E-state index in [9.17, 15) is 0 Å². The van der Waals surface area contributed by atoms with Crippen LogP contribution in [0.1, 0.15) is 119 Å². The van der Waals surface area contributed by atoms with E-state index in [1.165, 1.54) is 19.3 Å². The molecule has 0 unspecified atom stereocenters. The average Bonchev–Trinajstić information content (AvgIpc) is 3.40. The predicted molar refractivity (Wildman–Crippen MR) is 303 cm³/mol. The van der Waals surface area contributed by atoms with E-state index >= 15 is 0 Å². The molecule has 0 bridgehead atoms. The highest BCUT2D eigenvalue weighted by Crippen LogP contribution is 2.29. The molecule has 72 heavy (non-hydrogen) atoms. The van der Waals surface area contributed by atoms with Crippen LogP contribution in [0.5, 0.6) is 0 Å². The highest BCUT2D eigenvalue weighted by molar-refractivity contribution is 6.62. The molecule has 1 aliphatic rings. The third kappa shape index (κ3) is 40.2. The summed E-state index contributed by atoms with van der Waals surface area (Å²) in [5, 5.41) is 67.5. The Bertz CT molecular complexity index is 1650. The lowest BCUT2D eigenvalue weighted by atomic mass is 9.65. The lowest BCUT2D eigenvalue weighted by Gasteiger charge is -2.19. The van der Waals surface area contributed by atoms with Crippen molar-refractivity contribution in [1.82, 2.24) is 0 Å². The van der Waals surface area contributed by atoms with Crippen LogP contribution >= 0.6 is 0 Å². The third-order valence-corrected chi connectivity index (χ3v) is 10.4. The maximum Gasteiger partial charge on any atom is 0.493 e. The first-order valence-corrected chi connectivity index (χ1v) is 25.8. The minimum Gasteiger partial charge on any atom is -0.427 e. The van der Waals surface area contributed by atoms with Gasteiger partial charge in [-0.15, -0.1) is 0 Å². The molecule has 398 valence electrons. The normalized spacial score (nSPS) is 11.3. The molecule has 0 aromatic heterocycles. The second-order valence-corrected chi connectivity index (χ2v) is 16.9. The highest BCUT2D eigenvalue weighted by atomic mass is 16.6. The molecule has 0 saturated heterocycles. The van der Waals surface area contributed by atoms with Crippen molar-refractivity contribution < 1.29 is 68.1 Å². The van der Waals surface area contributed by atoms with Crippen LogP contribution in [-0.2, 0) is 27.9 Å². The van der Waals surface area contributed by atoms with Crippen molar-refractivity contribution in [3.8, 4) is 0 Å². The molecule has 8 N–H and O–H groups in total. The number of hydrogen-bond donors (Lipinski definition) is 8. The van der Waals surface area contributed by atoms with Gasteiger partial charge in [0.25, 0.3) is 0 Å². The zero-order valence-electron chi connectivity index (χ0n) is 45.1. The van der Waals surface area contributed by atoms with Crippen LogP contribution in [0, 0.1) is 0 Å². The molecule has 0 amide bonds. The van der Waals surface area contributed by atoms with E-state index < -0.39 is 28.5 Å². The van der Waals surface area contributed by atoms with Crippen molar-refractivity contribution in [2.75, 3.05) is 40.6 Å². The van der Waals surface area contributed by atoms with Gasteiger partial charge in [0, 0.05) is 40.6 Å². The van der Waals surface area contributed by atoms with Crippen molar-refractivity contribution >= 4 is 71.7 Å². The summed E-state index contributed by atoms with van der Waals surface area (Å²) >= 11 is 0. The molecule has 4 aromatic carbocycles. The Balaban J connectivity index is 0. The fourth-order valence-corrected chi connectivity index (χ4v) is 6.10. The number of hydrogen-bond acceptors (Lipinski definition) is 14. The topological polar surface area (TPSA) is 217 Å². The van der Waals surface area contributed by atoms with Crippen LogP contribution in [-0.4, -0.2) is 131 Å². The standard InChI is InChI=1S/C14H23BO2.C10H15BO2.C8H11BO2.C6H13BO2.C6H7BO2.C4H11BO2.C3H9BO2/c1-3-5-12-16-15(17-13-6-4-2)14-10-8-7-9-11-14;1-3-12-11(13-4-2)10-8-6-5-7-9-10;1-10-9(11-2)8-6-4-3-5-7-8;2*8-7(9)6-4-2-1-3-5-6;1-2-3-4-5(6)7;1-3(2)4(5)6/h7-11H,3-6,12-13H2,1-2H3;5-9H,3-4H2,1-2H3;3-7H,1-2H3;6,8-9H,1-5H2;1-5,8-9H;6-7H,2-4H2,1H3;3,5-6H,1-2H3. The Morgan fingerprint density at radius 1 is 0.458 bits per heavy atom. The summed E-state index contributed by atoms with van der Waals surface area (Å²) in [6.45, 7) is 16.6. The van der Waals surface area contributed by atoms with Crippen molar-refractivity contribution in [2.24, 2.45) is 0 Å². The molecule has 21 heteroatoms. The number of benzene rings is 4. The van der Waals surface area contributed by atoms with Crippen LogP contribution in [0.3, 0.4) is 0 Å². The Labute approximate surface area is 437 Å². The molecule has 0 heterocycles. The van der Waals surface area contributed by atoms with Gasteiger partial charge in [-0.05, 0) is 66.5 Å². The first-order valence-electron chi connectivity index (χ1n) is 25.8. The van der Waals surface area contributed by atoms with Crippen LogP contribution in [0.25, 0.3) is 0 Å². The molecule has 14 nitrogen and oxygen atoms in total. The van der Waals surface area contributed by atoms with E-state index in [1.54, 1.807) is 52.3 Å². The van der Waals surface area contributed by atoms with E-state index in [0.717, 1.165) is 81.0 Å². The van der Waals surface area contributed by atoms with E-state index in [1.807, 2.05) is 106 Å². The zero-order valence-corrected chi connectivity index (χ0v) is 45.1. The molecular weight excluding hydrogens is 912 g/mol. The summed E-state index contributed by atoms with van der Waals surface area (Å²) in [4.78, 5) is 0. The summed E-state index contributed by atoms with van der Waals surface area (Å²) in [6, 6.07) is 38.6. The predicted octanol–water partition coefficient (Wildman–Crippen LogP) is 5.43. The summed E-state index contributed by atoms with van der Waals surface area (Å²) in [6.07, 6.45) is 12.5. The summed E-state index contributed by atoms with van der Waals surface area (Å²) in [7, 11) is -2.05. The largest absolute Gasteiger partial charge is 0.493 e. The second kappa shape index (κ2) is 50.0. The Kier molecular flexibility index (Phi) is 49.2. The molecule has 0 aliphatic heterocycles. The van der Waals surface area contributed by atoms with Gasteiger partial charge < -0.3 is 68.1 Å². The Morgan fingerprint density at radius 3 is 1.03 bits per heavy atom. The zero-order chi connectivity index (χ0) is 54.2. The first kappa shape index (κ1) is 70.8. The molecule has 4 aromatic rings. The molecule has 5 rings (SSSR count). The highest BCUT2D eigenvalue weighted by Gasteiger charge is 2.25. The molecule has 0 radical (unpaired) electrons. The maximum atomic E-state index is 8.73. The summed E-state index contributed by atoms with van der Waals surface area (Å²) in [5.41, 5.74) is 3.75. The van der Waals surface area contributed by atoms with Gasteiger partial charge in [-0.1, -0.05) is 214 Å². The van der Waals surface area contributed by atoms with Gasteiger partial charge in [0.1, 0.15) is 0 Å². The van der Waals surface area contributed by atoms with Gasteiger partial charge in [0.05, 0.1) is 0 Å². The lowest BCUT2D eigenvalue weighted by molar-refractivity contribution is 0.202. The number of rotatable bonds is 23. The first-order chi connectivity index (χ1) is 34.7. The second-order valence-electron chi connectivity index (χ2n) is 16.9. The maximum absolute atomic E-state index is 8.73. The Hall–Kier alpha value is -3.23. The molecule has 1 aliphatic carbocycles.